The molecule has 0 aliphatic heterocycles. The average molecular weight is 352 g/mol. The molecule has 1 saturated carbocycles. The van der Waals surface area contributed by atoms with Crippen molar-refractivity contribution >= 4 is 22.7 Å². The van der Waals surface area contributed by atoms with Crippen molar-refractivity contribution in [3.05, 3.63) is 24.3 Å². The summed E-state index contributed by atoms with van der Waals surface area (Å²) in [5, 5.41) is 3.56. The van der Waals surface area contributed by atoms with Crippen LogP contribution in [0.2, 0.25) is 0 Å². The molecular formula is C19H33N3OS. The Hall–Kier alpha value is -0.910. The van der Waals surface area contributed by atoms with E-state index >= 15 is 0 Å². The maximum atomic E-state index is 12.2. The van der Waals surface area contributed by atoms with Gasteiger partial charge in [-0.15, -0.1) is 4.72 Å². The number of benzene rings is 1. The van der Waals surface area contributed by atoms with Crippen molar-refractivity contribution in [2.24, 2.45) is 5.92 Å². The van der Waals surface area contributed by atoms with E-state index in [0.29, 0.717) is 12.0 Å². The zero-order valence-electron chi connectivity index (χ0n) is 15.8. The van der Waals surface area contributed by atoms with E-state index in [1.165, 1.54) is 24.2 Å². The molecule has 1 aliphatic carbocycles. The lowest BCUT2D eigenvalue weighted by Gasteiger charge is -2.32. The van der Waals surface area contributed by atoms with Crippen LogP contribution in [0.4, 0.5) is 11.4 Å². The predicted molar refractivity (Wildman–Crippen MR) is 106 cm³/mol. The van der Waals surface area contributed by atoms with Gasteiger partial charge >= 0.3 is 0 Å². The second kappa shape index (κ2) is 8.45. The number of nitrogens with zero attached hydrogens (tertiary/aromatic N) is 1. The van der Waals surface area contributed by atoms with Crippen molar-refractivity contribution in [2.75, 3.05) is 30.9 Å². The monoisotopic (exact) mass is 351 g/mol. The summed E-state index contributed by atoms with van der Waals surface area (Å²) >= 11 is -0.955. The molecule has 0 amide bonds. The first-order chi connectivity index (χ1) is 11.3. The highest BCUT2D eigenvalue weighted by Crippen LogP contribution is 2.27. The van der Waals surface area contributed by atoms with E-state index in [1.54, 1.807) is 0 Å². The Labute approximate surface area is 150 Å². The minimum atomic E-state index is -0.955. The molecule has 1 fully saturated rings. The number of hydrogen-bond acceptors (Lipinski definition) is 4. The highest BCUT2D eigenvalue weighted by atomic mass is 32.2. The van der Waals surface area contributed by atoms with E-state index in [1.807, 2.05) is 20.8 Å². The average Bonchev–Trinajstić information content (AvgIpc) is 2.53. The topological polar surface area (TPSA) is 50.4 Å². The van der Waals surface area contributed by atoms with E-state index in [-0.39, 0.29) is 4.75 Å². The van der Waals surface area contributed by atoms with Gasteiger partial charge < -0.3 is 14.8 Å². The Bertz CT molecular complexity index is 490. The number of nitrogens with one attached hydrogen (secondary N) is 2. The molecule has 0 bridgehead atoms. The molecule has 0 heterocycles. The Morgan fingerprint density at radius 2 is 1.67 bits per heavy atom. The van der Waals surface area contributed by atoms with Crippen LogP contribution >= 0.6 is 0 Å². The van der Waals surface area contributed by atoms with Gasteiger partial charge in [0.1, 0.15) is 4.75 Å². The third kappa shape index (κ3) is 5.87. The molecule has 2 rings (SSSR count). The van der Waals surface area contributed by atoms with Gasteiger partial charge in [0.15, 0.2) is 0 Å². The Balaban J connectivity index is 1.71. The van der Waals surface area contributed by atoms with Gasteiger partial charge in [0.05, 0.1) is 6.04 Å². The molecule has 0 spiro atoms. The molecule has 0 aromatic heterocycles. The van der Waals surface area contributed by atoms with Crippen LogP contribution in [0.1, 0.15) is 46.5 Å². The second-order valence-electron chi connectivity index (χ2n) is 8.04. The smallest absolute Gasteiger partial charge is 0.136 e. The summed E-state index contributed by atoms with van der Waals surface area (Å²) < 4.78 is 15.3. The van der Waals surface area contributed by atoms with Crippen LogP contribution in [0.5, 0.6) is 0 Å². The molecule has 0 saturated heterocycles. The summed E-state index contributed by atoms with van der Waals surface area (Å²) in [6.45, 7) is 7.09. The summed E-state index contributed by atoms with van der Waals surface area (Å²) in [7, 11) is 4.11. The third-order valence-corrected chi connectivity index (χ3v) is 6.31. The zero-order valence-corrected chi connectivity index (χ0v) is 16.6. The van der Waals surface area contributed by atoms with E-state index in [0.717, 1.165) is 19.4 Å². The molecule has 136 valence electrons. The van der Waals surface area contributed by atoms with Gasteiger partial charge in [-0.2, -0.15) is 0 Å². The van der Waals surface area contributed by atoms with Crippen molar-refractivity contribution in [3.63, 3.8) is 0 Å². The van der Waals surface area contributed by atoms with Crippen molar-refractivity contribution in [3.8, 4) is 0 Å². The van der Waals surface area contributed by atoms with Gasteiger partial charge in [0.25, 0.3) is 0 Å². The molecule has 5 heteroatoms. The summed E-state index contributed by atoms with van der Waals surface area (Å²) in [6, 6.07) is 8.99. The lowest BCUT2D eigenvalue weighted by Crippen LogP contribution is -2.46. The first-order valence-electron chi connectivity index (χ1n) is 8.95. The van der Waals surface area contributed by atoms with E-state index in [4.69, 9.17) is 0 Å². The fourth-order valence-corrected chi connectivity index (χ4v) is 3.84. The predicted octanol–water partition coefficient (Wildman–Crippen LogP) is 3.78. The van der Waals surface area contributed by atoms with Crippen LogP contribution < -0.4 is 14.9 Å². The summed E-state index contributed by atoms with van der Waals surface area (Å²) in [5.74, 6) is 0.708. The Morgan fingerprint density at radius 1 is 1.08 bits per heavy atom. The quantitative estimate of drug-likeness (QED) is 0.766. The largest absolute Gasteiger partial charge is 0.598 e. The normalized spacial score (nSPS) is 22.9. The van der Waals surface area contributed by atoms with Crippen LogP contribution in [-0.4, -0.2) is 36.0 Å². The first kappa shape index (κ1) is 19.4. The van der Waals surface area contributed by atoms with Crippen LogP contribution in [0.25, 0.3) is 0 Å². The van der Waals surface area contributed by atoms with Gasteiger partial charge in [-0.1, -0.05) is 0 Å². The minimum Gasteiger partial charge on any atom is -0.598 e. The second-order valence-corrected chi connectivity index (χ2v) is 10.0. The van der Waals surface area contributed by atoms with Crippen LogP contribution in [0, 0.1) is 5.92 Å². The number of rotatable bonds is 6. The molecule has 1 aromatic rings. The zero-order chi connectivity index (χ0) is 17.7. The fourth-order valence-electron chi connectivity index (χ4n) is 2.95. The molecule has 2 N–H and O–H groups in total. The minimum absolute atomic E-state index is 0.183. The lowest BCUT2D eigenvalue weighted by molar-refractivity contribution is 0.322. The van der Waals surface area contributed by atoms with Gasteiger partial charge in [-0.25, -0.2) is 0 Å². The summed E-state index contributed by atoms with van der Waals surface area (Å²) in [5.41, 5.74) is 2.41. The fraction of sp³-hybridized carbons (Fsp3) is 0.684. The van der Waals surface area contributed by atoms with E-state index in [9.17, 15) is 4.55 Å². The van der Waals surface area contributed by atoms with Crippen LogP contribution in [-0.2, 0) is 11.4 Å². The van der Waals surface area contributed by atoms with E-state index in [2.05, 4.69) is 53.3 Å². The van der Waals surface area contributed by atoms with E-state index < -0.39 is 11.4 Å². The molecule has 1 aliphatic rings. The SMILES string of the molecule is CN(C)c1ccc(NCC2CCC(N[S+]([O-])C(C)(C)C)CC2)cc1. The Morgan fingerprint density at radius 3 is 2.17 bits per heavy atom. The van der Waals surface area contributed by atoms with Crippen molar-refractivity contribution in [1.29, 1.82) is 0 Å². The van der Waals surface area contributed by atoms with Crippen molar-refractivity contribution < 1.29 is 4.55 Å². The third-order valence-electron chi connectivity index (χ3n) is 4.66. The molecule has 1 aromatic carbocycles. The summed E-state index contributed by atoms with van der Waals surface area (Å²) in [6.07, 6.45) is 4.63. The number of hydrogen-bond donors (Lipinski definition) is 2. The Kier molecular flexibility index (Phi) is 6.84. The molecule has 24 heavy (non-hydrogen) atoms. The van der Waals surface area contributed by atoms with Gasteiger partial charge in [0.2, 0.25) is 0 Å². The highest BCUT2D eigenvalue weighted by Gasteiger charge is 2.31. The molecule has 0 radical (unpaired) electrons. The molecule has 1 unspecified atom stereocenters. The molecule has 1 atom stereocenters. The van der Waals surface area contributed by atoms with Gasteiger partial charge in [-0.3, -0.25) is 0 Å². The van der Waals surface area contributed by atoms with Crippen LogP contribution in [0.3, 0.4) is 0 Å². The van der Waals surface area contributed by atoms with Gasteiger partial charge in [0, 0.05) is 43.4 Å². The van der Waals surface area contributed by atoms with Crippen molar-refractivity contribution in [2.45, 2.75) is 57.2 Å². The molecular weight excluding hydrogens is 318 g/mol. The van der Waals surface area contributed by atoms with Crippen LogP contribution in [0.15, 0.2) is 24.3 Å². The lowest BCUT2D eigenvalue weighted by atomic mass is 9.86. The highest BCUT2D eigenvalue weighted by molar-refractivity contribution is 7.90. The standard InChI is InChI=1S/C19H33N3OS/c1-19(2,3)24(23)21-17-8-6-15(7-9-17)14-20-16-10-12-18(13-11-16)22(4)5/h10-13,15,17,20-21H,6-9,14H2,1-5H3. The maximum Gasteiger partial charge on any atom is 0.136 e. The number of anilines is 2. The molecule has 4 nitrogen and oxygen atoms in total. The maximum absolute atomic E-state index is 12.2. The first-order valence-corrected chi connectivity index (χ1v) is 10.1. The van der Waals surface area contributed by atoms with Gasteiger partial charge in [-0.05, 0) is 76.6 Å². The van der Waals surface area contributed by atoms with Crippen molar-refractivity contribution in [1.82, 2.24) is 4.72 Å². The summed E-state index contributed by atoms with van der Waals surface area (Å²) in [4.78, 5) is 2.11.